The minimum atomic E-state index is -0.952. The number of carbonyl (C=O) groups excluding carboxylic acids is 3. The van der Waals surface area contributed by atoms with E-state index in [9.17, 15) is 24.8 Å². The van der Waals surface area contributed by atoms with E-state index in [0.717, 1.165) is 65.0 Å². The Morgan fingerprint density at radius 3 is 2.31 bits per heavy atom. The van der Waals surface area contributed by atoms with Crippen molar-refractivity contribution in [1.29, 1.82) is 5.26 Å². The number of pyridine rings is 1. The van der Waals surface area contributed by atoms with Gasteiger partial charge in [0.25, 0.3) is 0 Å². The zero-order valence-corrected chi connectivity index (χ0v) is 43.4. The number of rotatable bonds is 17. The van der Waals surface area contributed by atoms with Gasteiger partial charge < -0.3 is 40.3 Å². The highest BCUT2D eigenvalue weighted by Crippen LogP contribution is 2.56. The lowest BCUT2D eigenvalue weighted by Crippen LogP contribution is -2.73. The molecule has 4 aromatic rings. The molecular formula is C53H68ClN9O6S. The minimum Gasteiger partial charge on any atom is -0.489 e. The van der Waals surface area contributed by atoms with Crippen LogP contribution in [0, 0.1) is 34.5 Å². The fourth-order valence-corrected chi connectivity index (χ4v) is 11.4. The zero-order chi connectivity index (χ0) is 50.7. The number of hydrogen-bond acceptors (Lipinski definition) is 13. The molecule has 3 aliphatic rings. The van der Waals surface area contributed by atoms with E-state index in [-0.39, 0.29) is 54.5 Å². The van der Waals surface area contributed by atoms with Crippen LogP contribution in [-0.2, 0) is 19.1 Å². The second-order valence-electron chi connectivity index (χ2n) is 21.1. The number of ether oxygens (including phenoxy) is 2. The number of thiazole rings is 1. The standard InChI is InChI=1S/C53H68ClN9O6S/c1-32(35-11-13-36(14-12-35)45-34(3)57-31-70-45)58-47(66)42-25-39(64)29-63(42)48(67)46(51(4,5)6)60-44(65)30-68-24-23-61-19-21-62(22-20-61)43-18-16-38(28-56-43)33(2)59-49-52(7,8)50(53(49,9)10)69-40-17-15-37(27-55)41(54)26-40/h11-18,26,28,31-32,39,42,46,49-50,59,64H,2,19-25,29-30H2,1,3-10H3,(H,58,66)(H,60,65)/t32-,39-,42-,46+,49?,50?/m0/s1. The number of benzene rings is 2. The minimum absolute atomic E-state index is 0.00897. The van der Waals surface area contributed by atoms with Crippen molar-refractivity contribution < 1.29 is 29.0 Å². The molecule has 3 fully saturated rings. The number of aliphatic hydroxyl groups excluding tert-OH is 1. The molecule has 0 unspecified atom stereocenters. The Labute approximate surface area is 421 Å². The Bertz CT molecular complexity index is 2550. The number of aromatic nitrogens is 2. The predicted octanol–water partition coefficient (Wildman–Crippen LogP) is 6.99. The maximum absolute atomic E-state index is 14.1. The van der Waals surface area contributed by atoms with Gasteiger partial charge in [0.15, 0.2) is 0 Å². The Morgan fingerprint density at radius 2 is 1.71 bits per heavy atom. The van der Waals surface area contributed by atoms with Crippen LogP contribution < -0.4 is 25.6 Å². The van der Waals surface area contributed by atoms with E-state index in [0.29, 0.717) is 29.5 Å². The second-order valence-corrected chi connectivity index (χ2v) is 22.4. The molecule has 4 N–H and O–H groups in total. The lowest BCUT2D eigenvalue weighted by Gasteiger charge is -2.63. The van der Waals surface area contributed by atoms with Crippen molar-refractivity contribution in [2.24, 2.45) is 16.2 Å². The molecule has 70 heavy (non-hydrogen) atoms. The zero-order valence-electron chi connectivity index (χ0n) is 41.8. The van der Waals surface area contributed by atoms with Crippen LogP contribution in [0.1, 0.15) is 90.2 Å². The molecule has 1 aliphatic carbocycles. The third-order valence-electron chi connectivity index (χ3n) is 14.1. The Hall–Kier alpha value is -5.57. The molecule has 0 spiro atoms. The van der Waals surface area contributed by atoms with E-state index in [4.69, 9.17) is 26.1 Å². The first-order chi connectivity index (χ1) is 33.1. The molecule has 4 atom stereocenters. The summed E-state index contributed by atoms with van der Waals surface area (Å²) in [4.78, 5) is 57.3. The summed E-state index contributed by atoms with van der Waals surface area (Å²) in [5.74, 6) is 0.310. The van der Waals surface area contributed by atoms with E-state index in [1.54, 1.807) is 29.5 Å². The highest BCUT2D eigenvalue weighted by molar-refractivity contribution is 7.13. The normalized spacial score (nSPS) is 21.7. The van der Waals surface area contributed by atoms with Gasteiger partial charge in [0.05, 0.1) is 45.4 Å². The number of anilines is 1. The maximum Gasteiger partial charge on any atom is 0.246 e. The predicted molar refractivity (Wildman–Crippen MR) is 274 cm³/mol. The molecule has 2 saturated heterocycles. The van der Waals surface area contributed by atoms with Crippen LogP contribution >= 0.6 is 22.9 Å². The van der Waals surface area contributed by atoms with Crippen LogP contribution in [0.5, 0.6) is 5.75 Å². The van der Waals surface area contributed by atoms with Crippen molar-refractivity contribution in [2.75, 3.05) is 57.4 Å². The molecule has 7 rings (SSSR count). The van der Waals surface area contributed by atoms with Crippen LogP contribution in [0.3, 0.4) is 0 Å². The number of β-amino-alcohol motifs (C(OH)–C–C–N with tert-alkyl or cyclic N) is 1. The third-order valence-corrected chi connectivity index (χ3v) is 15.4. The molecule has 1 saturated carbocycles. The number of carbonyl (C=O) groups is 3. The summed E-state index contributed by atoms with van der Waals surface area (Å²) >= 11 is 7.86. The number of halogens is 1. The van der Waals surface area contributed by atoms with Gasteiger partial charge in [-0.2, -0.15) is 5.26 Å². The summed E-state index contributed by atoms with van der Waals surface area (Å²) in [6.45, 7) is 26.4. The first kappa shape index (κ1) is 52.3. The summed E-state index contributed by atoms with van der Waals surface area (Å²) in [6.07, 6.45) is 0.978. The maximum atomic E-state index is 14.1. The summed E-state index contributed by atoms with van der Waals surface area (Å²) in [6, 6.07) is 17.2. The smallest absolute Gasteiger partial charge is 0.246 e. The third kappa shape index (κ3) is 11.6. The van der Waals surface area contributed by atoms with Gasteiger partial charge in [0.1, 0.15) is 42.4 Å². The number of nitriles is 1. The quantitative estimate of drug-likeness (QED) is 0.0797. The highest BCUT2D eigenvalue weighted by Gasteiger charge is 2.63. The number of likely N-dealkylation sites (tertiary alicyclic amines) is 1. The molecule has 0 radical (unpaired) electrons. The van der Waals surface area contributed by atoms with Crippen molar-refractivity contribution in [3.8, 4) is 22.3 Å². The lowest BCUT2D eigenvalue weighted by atomic mass is 9.49. The van der Waals surface area contributed by atoms with Crippen LogP contribution in [-0.4, -0.2) is 125 Å². The molecule has 2 aromatic carbocycles. The number of nitrogens with zero attached hydrogens (tertiary/aromatic N) is 6. The second kappa shape index (κ2) is 21.4. The van der Waals surface area contributed by atoms with E-state index >= 15 is 0 Å². The van der Waals surface area contributed by atoms with Crippen LogP contribution in [0.2, 0.25) is 5.02 Å². The van der Waals surface area contributed by atoms with Crippen molar-refractivity contribution in [3.05, 3.63) is 100 Å². The monoisotopic (exact) mass is 993 g/mol. The SMILES string of the molecule is C=C(NC1C(C)(C)C(Oc2ccc(C#N)c(Cl)c2)C1(C)C)c1ccc(N2CCN(CCOCC(=O)N[C@H](C(=O)N3C[C@@H](O)C[C@H]3C(=O)N[C@@H](C)c3ccc(-c4scnc4C)cc3)C(C)(C)C)CC2)nc1. The molecule has 17 heteroatoms. The number of hydrogen-bond donors (Lipinski definition) is 4. The molecule has 2 aliphatic heterocycles. The molecule has 4 heterocycles. The van der Waals surface area contributed by atoms with E-state index < -0.39 is 35.4 Å². The lowest BCUT2D eigenvalue weighted by molar-refractivity contribution is -0.163. The Morgan fingerprint density at radius 1 is 1.01 bits per heavy atom. The van der Waals surface area contributed by atoms with E-state index in [1.807, 2.05) is 82.7 Å². The topological polar surface area (TPSA) is 185 Å². The van der Waals surface area contributed by atoms with Crippen molar-refractivity contribution in [2.45, 2.75) is 105 Å². The molecule has 374 valence electrons. The van der Waals surface area contributed by atoms with Crippen LogP contribution in [0.25, 0.3) is 16.1 Å². The number of piperazine rings is 1. The summed E-state index contributed by atoms with van der Waals surface area (Å²) < 4.78 is 12.3. The van der Waals surface area contributed by atoms with Gasteiger partial charge in [-0.05, 0) is 54.7 Å². The van der Waals surface area contributed by atoms with Crippen LogP contribution in [0.4, 0.5) is 5.82 Å². The van der Waals surface area contributed by atoms with Gasteiger partial charge in [-0.3, -0.25) is 19.3 Å². The summed E-state index contributed by atoms with van der Waals surface area (Å²) in [5, 5.41) is 29.9. The molecular weight excluding hydrogens is 926 g/mol. The number of aliphatic hydroxyl groups is 1. The van der Waals surface area contributed by atoms with Gasteiger partial charge >= 0.3 is 0 Å². The number of aryl methyl sites for hydroxylation is 1. The van der Waals surface area contributed by atoms with E-state index in [1.165, 1.54) is 4.90 Å². The summed E-state index contributed by atoms with van der Waals surface area (Å²) in [5.41, 5.74) is 5.68. The van der Waals surface area contributed by atoms with Crippen molar-refractivity contribution in [3.63, 3.8) is 0 Å². The largest absolute Gasteiger partial charge is 0.489 e. The van der Waals surface area contributed by atoms with Gasteiger partial charge in [-0.1, -0.05) is 90.9 Å². The van der Waals surface area contributed by atoms with Crippen LogP contribution in [0.15, 0.2) is 72.9 Å². The number of nitrogens with one attached hydrogen (secondary N) is 3. The Balaban J connectivity index is 0.831. The first-order valence-electron chi connectivity index (χ1n) is 24.0. The van der Waals surface area contributed by atoms with Gasteiger partial charge in [0.2, 0.25) is 17.7 Å². The molecule has 3 amide bonds. The average Bonchev–Trinajstić information content (AvgIpc) is 3.95. The van der Waals surface area contributed by atoms with Gasteiger partial charge in [-0.25, -0.2) is 9.97 Å². The Kier molecular flexibility index (Phi) is 16.0. The van der Waals surface area contributed by atoms with E-state index in [2.05, 4.69) is 71.1 Å². The average molecular weight is 995 g/mol. The fourth-order valence-electron chi connectivity index (χ4n) is 10.4. The highest BCUT2D eigenvalue weighted by atomic mass is 35.5. The van der Waals surface area contributed by atoms with Crippen molar-refractivity contribution in [1.82, 2.24) is 35.7 Å². The molecule has 15 nitrogen and oxygen atoms in total. The first-order valence-corrected chi connectivity index (χ1v) is 25.3. The molecule has 0 bridgehead atoms. The van der Waals surface area contributed by atoms with Gasteiger partial charge in [0, 0.05) is 86.1 Å². The fraction of sp³-hybridized carbons (Fsp3) is 0.509. The summed E-state index contributed by atoms with van der Waals surface area (Å²) in [7, 11) is 0. The number of amides is 3. The van der Waals surface area contributed by atoms with Crippen molar-refractivity contribution >= 4 is 52.2 Å². The molecule has 2 aromatic heterocycles. The van der Waals surface area contributed by atoms with Gasteiger partial charge in [-0.15, -0.1) is 11.3 Å².